The van der Waals surface area contributed by atoms with E-state index in [2.05, 4.69) is 5.32 Å². The Kier molecular flexibility index (Phi) is 6.74. The van der Waals surface area contributed by atoms with E-state index < -0.39 is 11.1 Å². The lowest BCUT2D eigenvalue weighted by Crippen LogP contribution is -2.39. The summed E-state index contributed by atoms with van der Waals surface area (Å²) in [4.78, 5) is 0. The van der Waals surface area contributed by atoms with Gasteiger partial charge in [-0.05, 0) is 31.0 Å². The molecule has 2 N–H and O–H groups in total. The van der Waals surface area contributed by atoms with Gasteiger partial charge in [-0.25, -0.2) is 0 Å². The summed E-state index contributed by atoms with van der Waals surface area (Å²) in [5.74, 6) is 0.336. The number of thioether (sulfide) groups is 1. The second-order valence-corrected chi connectivity index (χ2v) is 5.73. The molecule has 0 aromatic rings. The van der Waals surface area contributed by atoms with Crippen LogP contribution in [0.4, 0.5) is 13.2 Å². The third-order valence-electron chi connectivity index (χ3n) is 1.90. The molecule has 0 radical (unpaired) electrons. The van der Waals surface area contributed by atoms with E-state index in [1.165, 1.54) is 0 Å². The van der Waals surface area contributed by atoms with Crippen LogP contribution < -0.4 is 5.32 Å². The molecular formula is C10H20F3NOS. The van der Waals surface area contributed by atoms with E-state index in [1.54, 1.807) is 6.92 Å². The van der Waals surface area contributed by atoms with Crippen molar-refractivity contribution in [2.45, 2.75) is 38.3 Å². The lowest BCUT2D eigenvalue weighted by Gasteiger charge is -2.25. The summed E-state index contributed by atoms with van der Waals surface area (Å²) < 4.78 is 35.3. The molecule has 98 valence electrons. The number of alkyl halides is 3. The highest BCUT2D eigenvalue weighted by Gasteiger charge is 2.27. The quantitative estimate of drug-likeness (QED) is 0.689. The zero-order valence-electron chi connectivity index (χ0n) is 9.90. The first-order valence-electron chi connectivity index (χ1n) is 5.26. The summed E-state index contributed by atoms with van der Waals surface area (Å²) in [6.07, 6.45) is 0.631. The van der Waals surface area contributed by atoms with Crippen molar-refractivity contribution >= 4 is 11.8 Å². The third-order valence-corrected chi connectivity index (χ3v) is 2.63. The molecule has 0 aliphatic rings. The maximum absolute atomic E-state index is 11.8. The van der Waals surface area contributed by atoms with Gasteiger partial charge in [0.25, 0.3) is 0 Å². The molecule has 2 nitrogen and oxygen atoms in total. The van der Waals surface area contributed by atoms with Gasteiger partial charge in [0.05, 0.1) is 5.60 Å². The van der Waals surface area contributed by atoms with Gasteiger partial charge < -0.3 is 10.4 Å². The maximum atomic E-state index is 11.8. The molecule has 0 aromatic carbocycles. The molecule has 0 fully saturated rings. The van der Waals surface area contributed by atoms with Crippen LogP contribution in [-0.4, -0.2) is 35.1 Å². The van der Waals surface area contributed by atoms with Crippen LogP contribution in [0.1, 0.15) is 27.2 Å². The Bertz CT molecular complexity index is 195. The molecule has 0 amide bonds. The van der Waals surface area contributed by atoms with Crippen molar-refractivity contribution in [1.29, 1.82) is 0 Å². The average Bonchev–Trinajstić information content (AvgIpc) is 1.98. The van der Waals surface area contributed by atoms with Crippen LogP contribution in [0.15, 0.2) is 0 Å². The Hall–Kier alpha value is 0.0600. The maximum Gasteiger partial charge on any atom is 0.441 e. The van der Waals surface area contributed by atoms with Gasteiger partial charge in [0.2, 0.25) is 0 Å². The Morgan fingerprint density at radius 3 is 2.31 bits per heavy atom. The predicted molar refractivity (Wildman–Crippen MR) is 61.5 cm³/mol. The highest BCUT2D eigenvalue weighted by molar-refractivity contribution is 8.00. The van der Waals surface area contributed by atoms with Crippen molar-refractivity contribution < 1.29 is 18.3 Å². The molecule has 0 bridgehead atoms. The molecule has 0 rings (SSSR count). The van der Waals surface area contributed by atoms with Crippen LogP contribution in [0.2, 0.25) is 0 Å². The molecule has 0 aliphatic heterocycles. The molecule has 0 aromatic heterocycles. The van der Waals surface area contributed by atoms with Crippen LogP contribution >= 0.6 is 11.8 Å². The Morgan fingerprint density at radius 1 is 1.31 bits per heavy atom. The number of rotatable bonds is 7. The van der Waals surface area contributed by atoms with Crippen LogP contribution in [0.25, 0.3) is 0 Å². The minimum absolute atomic E-state index is 0.0265. The zero-order valence-corrected chi connectivity index (χ0v) is 10.7. The van der Waals surface area contributed by atoms with Crippen LogP contribution in [0, 0.1) is 5.92 Å². The van der Waals surface area contributed by atoms with E-state index in [1.807, 2.05) is 13.8 Å². The summed E-state index contributed by atoms with van der Waals surface area (Å²) >= 11 is -0.0461. The van der Waals surface area contributed by atoms with Crippen molar-refractivity contribution in [3.63, 3.8) is 0 Å². The van der Waals surface area contributed by atoms with Gasteiger partial charge in [-0.2, -0.15) is 13.2 Å². The van der Waals surface area contributed by atoms with Gasteiger partial charge in [-0.15, -0.1) is 0 Å². The van der Waals surface area contributed by atoms with Crippen molar-refractivity contribution in [3.05, 3.63) is 0 Å². The molecule has 1 atom stereocenters. The van der Waals surface area contributed by atoms with E-state index >= 15 is 0 Å². The van der Waals surface area contributed by atoms with Gasteiger partial charge >= 0.3 is 5.51 Å². The van der Waals surface area contributed by atoms with E-state index in [-0.39, 0.29) is 24.1 Å². The summed E-state index contributed by atoms with van der Waals surface area (Å²) in [7, 11) is 0. The average molecular weight is 259 g/mol. The summed E-state index contributed by atoms with van der Waals surface area (Å²) in [6.45, 7) is 6.25. The minimum Gasteiger partial charge on any atom is -0.389 e. The highest BCUT2D eigenvalue weighted by Crippen LogP contribution is 2.29. The van der Waals surface area contributed by atoms with Crippen LogP contribution in [-0.2, 0) is 0 Å². The smallest absolute Gasteiger partial charge is 0.389 e. The van der Waals surface area contributed by atoms with Crippen molar-refractivity contribution in [2.75, 3.05) is 18.8 Å². The third kappa shape index (κ3) is 10.6. The number of halogens is 3. The van der Waals surface area contributed by atoms with Crippen molar-refractivity contribution in [2.24, 2.45) is 5.92 Å². The van der Waals surface area contributed by atoms with Gasteiger partial charge in [0.1, 0.15) is 0 Å². The van der Waals surface area contributed by atoms with Crippen LogP contribution in [0.3, 0.4) is 0 Å². The predicted octanol–water partition coefficient (Wildman–Crippen LogP) is 2.63. The first-order valence-corrected chi connectivity index (χ1v) is 6.25. The Balaban J connectivity index is 3.58. The largest absolute Gasteiger partial charge is 0.441 e. The van der Waals surface area contributed by atoms with E-state index in [4.69, 9.17) is 0 Å². The molecule has 0 saturated carbocycles. The van der Waals surface area contributed by atoms with Gasteiger partial charge in [-0.3, -0.25) is 0 Å². The second-order valence-electron chi connectivity index (χ2n) is 4.57. The molecule has 6 heteroatoms. The number of hydrogen-bond donors (Lipinski definition) is 2. The normalized spacial score (nSPS) is 16.5. The second kappa shape index (κ2) is 6.71. The lowest BCUT2D eigenvalue weighted by molar-refractivity contribution is -0.0327. The summed E-state index contributed by atoms with van der Waals surface area (Å²) in [5, 5.41) is 12.7. The lowest BCUT2D eigenvalue weighted by atomic mass is 9.94. The summed E-state index contributed by atoms with van der Waals surface area (Å²) in [5.41, 5.74) is -5.01. The van der Waals surface area contributed by atoms with Gasteiger partial charge in [0, 0.05) is 18.8 Å². The standard InChI is InChI=1S/C10H20F3NOS/c1-8(2)6-9(3,15)7-14-4-5-16-10(11,12)13/h8,14-15H,4-7H2,1-3H3. The minimum atomic E-state index is -4.16. The SMILES string of the molecule is CC(C)CC(C)(O)CNCCSC(F)(F)F. The van der Waals surface area contributed by atoms with E-state index in [0.29, 0.717) is 18.9 Å². The molecule has 0 heterocycles. The molecule has 16 heavy (non-hydrogen) atoms. The first-order chi connectivity index (χ1) is 7.12. The Labute approximate surface area is 99.0 Å². The first kappa shape index (κ1) is 16.1. The molecule has 0 aliphatic carbocycles. The van der Waals surface area contributed by atoms with Crippen molar-refractivity contribution in [3.8, 4) is 0 Å². The fraction of sp³-hybridized carbons (Fsp3) is 1.00. The van der Waals surface area contributed by atoms with Gasteiger partial charge in [0.15, 0.2) is 0 Å². The fourth-order valence-electron chi connectivity index (χ4n) is 1.55. The fourth-order valence-corrected chi connectivity index (χ4v) is 2.03. The monoisotopic (exact) mass is 259 g/mol. The molecule has 1 unspecified atom stereocenters. The van der Waals surface area contributed by atoms with Crippen LogP contribution in [0.5, 0.6) is 0 Å². The summed E-state index contributed by atoms with van der Waals surface area (Å²) in [6, 6.07) is 0. The van der Waals surface area contributed by atoms with E-state index in [0.717, 1.165) is 0 Å². The number of nitrogens with one attached hydrogen (secondary N) is 1. The Morgan fingerprint density at radius 2 is 1.88 bits per heavy atom. The topological polar surface area (TPSA) is 32.3 Å². The molecule has 0 spiro atoms. The molecular weight excluding hydrogens is 239 g/mol. The zero-order chi connectivity index (χ0) is 12.8. The van der Waals surface area contributed by atoms with Gasteiger partial charge in [-0.1, -0.05) is 13.8 Å². The van der Waals surface area contributed by atoms with Crippen molar-refractivity contribution in [1.82, 2.24) is 5.32 Å². The van der Waals surface area contributed by atoms with E-state index in [9.17, 15) is 18.3 Å². The highest BCUT2D eigenvalue weighted by atomic mass is 32.2. The number of hydrogen-bond acceptors (Lipinski definition) is 3. The number of aliphatic hydroxyl groups is 1. The molecule has 0 saturated heterocycles.